The number of aromatic nitrogens is 5. The Morgan fingerprint density at radius 3 is 2.62 bits per heavy atom. The van der Waals surface area contributed by atoms with Crippen molar-refractivity contribution in [2.24, 2.45) is 0 Å². The maximum atomic E-state index is 15.1. The van der Waals surface area contributed by atoms with Gasteiger partial charge in [0.25, 0.3) is 0 Å². The van der Waals surface area contributed by atoms with E-state index >= 15 is 4.39 Å². The van der Waals surface area contributed by atoms with Crippen molar-refractivity contribution < 1.29 is 18.6 Å². The molecule has 0 atom stereocenters. The first-order chi connectivity index (χ1) is 16.4. The van der Waals surface area contributed by atoms with Gasteiger partial charge in [-0.15, -0.1) is 0 Å². The van der Waals surface area contributed by atoms with E-state index in [9.17, 15) is 9.50 Å². The van der Waals surface area contributed by atoms with Crippen molar-refractivity contribution in [1.82, 2.24) is 30.0 Å². The number of likely N-dealkylation sites (N-methyl/N-ethyl adjacent to an activating group) is 1. The second kappa shape index (κ2) is 8.88. The van der Waals surface area contributed by atoms with E-state index in [1.807, 2.05) is 11.9 Å². The second-order valence-electron chi connectivity index (χ2n) is 8.26. The van der Waals surface area contributed by atoms with Crippen molar-refractivity contribution in [3.8, 4) is 11.6 Å². The first-order valence-electron chi connectivity index (χ1n) is 10.8. The molecular formula is C22H24F2N8O2. The molecule has 34 heavy (non-hydrogen) atoms. The average molecular weight is 470 g/mol. The van der Waals surface area contributed by atoms with E-state index < -0.39 is 11.6 Å². The number of aliphatic hydroxyl groups is 1. The number of aromatic amines is 2. The first-order valence-corrected chi connectivity index (χ1v) is 10.8. The van der Waals surface area contributed by atoms with Gasteiger partial charge in [0, 0.05) is 55.5 Å². The number of halogens is 2. The second-order valence-corrected chi connectivity index (χ2v) is 8.26. The summed E-state index contributed by atoms with van der Waals surface area (Å²) in [6, 6.07) is 5.64. The molecule has 5 rings (SSSR count). The topological polar surface area (TPSA) is 118 Å². The number of rotatable bonds is 6. The lowest BCUT2D eigenvalue weighted by Gasteiger charge is -2.32. The van der Waals surface area contributed by atoms with Crippen LogP contribution in [0.15, 0.2) is 24.3 Å². The molecule has 12 heteroatoms. The SMILES string of the molecule is Cc1cc2c(F)c(Oc3cc(Nc4cc(CO)[nH]n4)nc(N4CCN(C)CC4)n3)cc(F)c2[nH]1. The highest BCUT2D eigenvalue weighted by Gasteiger charge is 2.21. The molecule has 1 fully saturated rings. The zero-order chi connectivity index (χ0) is 23.8. The smallest absolute Gasteiger partial charge is 0.230 e. The van der Waals surface area contributed by atoms with Gasteiger partial charge in [-0.05, 0) is 20.0 Å². The standard InChI is InChI=1S/C22H24F2N8O2/c1-12-7-14-20(24)16(9-15(23)21(14)25-12)34-19-10-17(26-18-8-13(11-33)29-30-18)27-22(28-19)32-5-3-31(2)4-6-32/h7-10,25,33H,3-6,11H2,1-2H3,(H2,26,27,28,29,30). The fraction of sp³-hybridized carbons (Fsp3) is 0.318. The van der Waals surface area contributed by atoms with Gasteiger partial charge in [-0.1, -0.05) is 0 Å². The van der Waals surface area contributed by atoms with Crippen LogP contribution in [0.1, 0.15) is 11.4 Å². The van der Waals surface area contributed by atoms with Gasteiger partial charge in [0.2, 0.25) is 11.8 Å². The van der Waals surface area contributed by atoms with Gasteiger partial charge < -0.3 is 29.9 Å². The van der Waals surface area contributed by atoms with Crippen LogP contribution in [0.25, 0.3) is 10.9 Å². The number of anilines is 3. The van der Waals surface area contributed by atoms with Gasteiger partial charge in [-0.2, -0.15) is 15.1 Å². The Hall–Kier alpha value is -3.77. The number of H-pyrrole nitrogens is 2. The van der Waals surface area contributed by atoms with Gasteiger partial charge in [-0.3, -0.25) is 5.10 Å². The number of benzene rings is 1. The molecule has 1 saturated heterocycles. The van der Waals surface area contributed by atoms with Crippen LogP contribution in [0.4, 0.5) is 26.4 Å². The lowest BCUT2D eigenvalue weighted by Crippen LogP contribution is -2.45. The number of hydrogen-bond donors (Lipinski definition) is 4. The summed E-state index contributed by atoms with van der Waals surface area (Å²) in [7, 11) is 2.04. The summed E-state index contributed by atoms with van der Waals surface area (Å²) in [5.41, 5.74) is 1.25. The highest BCUT2D eigenvalue weighted by molar-refractivity contribution is 5.83. The van der Waals surface area contributed by atoms with Crippen molar-refractivity contribution >= 4 is 28.5 Å². The van der Waals surface area contributed by atoms with Crippen molar-refractivity contribution in [2.75, 3.05) is 43.4 Å². The summed E-state index contributed by atoms with van der Waals surface area (Å²) in [5.74, 6) is -0.358. The average Bonchev–Trinajstić information content (AvgIpc) is 3.44. The summed E-state index contributed by atoms with van der Waals surface area (Å²) >= 11 is 0. The van der Waals surface area contributed by atoms with E-state index in [4.69, 9.17) is 4.74 Å². The number of nitrogens with one attached hydrogen (secondary N) is 3. The fourth-order valence-electron chi connectivity index (χ4n) is 3.84. The summed E-state index contributed by atoms with van der Waals surface area (Å²) < 4.78 is 35.4. The molecule has 0 unspecified atom stereocenters. The highest BCUT2D eigenvalue weighted by Crippen LogP contribution is 2.33. The Labute approximate surface area is 193 Å². The Kier molecular flexibility index (Phi) is 5.75. The van der Waals surface area contributed by atoms with Gasteiger partial charge in [0.15, 0.2) is 23.2 Å². The molecule has 178 valence electrons. The van der Waals surface area contributed by atoms with Crippen LogP contribution in [0, 0.1) is 18.6 Å². The van der Waals surface area contributed by atoms with E-state index in [0.717, 1.165) is 19.2 Å². The molecule has 0 spiro atoms. The van der Waals surface area contributed by atoms with Crippen molar-refractivity contribution in [2.45, 2.75) is 13.5 Å². The minimum atomic E-state index is -0.685. The molecule has 4 heterocycles. The number of ether oxygens (including phenoxy) is 1. The van der Waals surface area contributed by atoms with E-state index in [2.05, 4.69) is 35.4 Å². The Morgan fingerprint density at radius 2 is 1.88 bits per heavy atom. The Balaban J connectivity index is 1.51. The predicted octanol–water partition coefficient (Wildman–Crippen LogP) is 3.05. The molecule has 0 saturated carbocycles. The fourth-order valence-corrected chi connectivity index (χ4v) is 3.84. The molecule has 4 aromatic rings. The van der Waals surface area contributed by atoms with E-state index in [1.54, 1.807) is 13.0 Å². The number of nitrogens with zero attached hydrogens (tertiary/aromatic N) is 5. The molecule has 0 radical (unpaired) electrons. The highest BCUT2D eigenvalue weighted by atomic mass is 19.1. The molecule has 1 aliphatic heterocycles. The minimum Gasteiger partial charge on any atom is -0.436 e. The lowest BCUT2D eigenvalue weighted by atomic mass is 10.2. The summed E-state index contributed by atoms with van der Waals surface area (Å²) in [4.78, 5) is 16.0. The third-order valence-corrected chi connectivity index (χ3v) is 5.65. The Bertz CT molecular complexity index is 1330. The summed E-state index contributed by atoms with van der Waals surface area (Å²) in [6.07, 6.45) is 0. The van der Waals surface area contributed by atoms with Gasteiger partial charge in [0.1, 0.15) is 5.82 Å². The zero-order valence-electron chi connectivity index (χ0n) is 18.7. The normalized spacial score (nSPS) is 14.7. The van der Waals surface area contributed by atoms with Crippen LogP contribution < -0.4 is 15.0 Å². The van der Waals surface area contributed by atoms with Gasteiger partial charge in [-0.25, -0.2) is 8.78 Å². The predicted molar refractivity (Wildman–Crippen MR) is 123 cm³/mol. The third-order valence-electron chi connectivity index (χ3n) is 5.65. The maximum Gasteiger partial charge on any atom is 0.230 e. The van der Waals surface area contributed by atoms with Crippen LogP contribution in [0.3, 0.4) is 0 Å². The number of aryl methyl sites for hydroxylation is 1. The summed E-state index contributed by atoms with van der Waals surface area (Å²) in [6.45, 7) is 4.61. The molecule has 3 aromatic heterocycles. The Morgan fingerprint density at radius 1 is 1.09 bits per heavy atom. The molecule has 0 aliphatic carbocycles. The molecule has 10 nitrogen and oxygen atoms in total. The molecule has 1 aromatic carbocycles. The third kappa shape index (κ3) is 4.37. The van der Waals surface area contributed by atoms with Crippen molar-refractivity contribution in [1.29, 1.82) is 0 Å². The van der Waals surface area contributed by atoms with Crippen molar-refractivity contribution in [3.05, 3.63) is 47.3 Å². The molecule has 0 bridgehead atoms. The van der Waals surface area contributed by atoms with Gasteiger partial charge >= 0.3 is 0 Å². The van der Waals surface area contributed by atoms with E-state index in [-0.39, 0.29) is 29.1 Å². The van der Waals surface area contributed by atoms with Crippen LogP contribution in [0.2, 0.25) is 0 Å². The number of hydrogen-bond acceptors (Lipinski definition) is 8. The maximum absolute atomic E-state index is 15.1. The molecule has 4 N–H and O–H groups in total. The van der Waals surface area contributed by atoms with Crippen LogP contribution >= 0.6 is 0 Å². The van der Waals surface area contributed by atoms with E-state index in [1.165, 1.54) is 12.1 Å². The quantitative estimate of drug-likeness (QED) is 0.340. The minimum absolute atomic E-state index is 0.0502. The zero-order valence-corrected chi connectivity index (χ0v) is 18.7. The summed E-state index contributed by atoms with van der Waals surface area (Å²) in [5, 5.41) is 19.2. The molecule has 0 amide bonds. The molecular weight excluding hydrogens is 446 g/mol. The number of fused-ring (bicyclic) bond motifs is 1. The lowest BCUT2D eigenvalue weighted by molar-refractivity contribution is 0.276. The van der Waals surface area contributed by atoms with Gasteiger partial charge in [0.05, 0.1) is 17.8 Å². The number of piperazine rings is 1. The number of aliphatic hydroxyl groups excluding tert-OH is 1. The first kappa shape index (κ1) is 22.0. The van der Waals surface area contributed by atoms with E-state index in [0.29, 0.717) is 42.1 Å². The van der Waals surface area contributed by atoms with Crippen LogP contribution in [0.5, 0.6) is 11.6 Å². The van der Waals surface area contributed by atoms with Crippen LogP contribution in [-0.2, 0) is 6.61 Å². The van der Waals surface area contributed by atoms with Crippen molar-refractivity contribution in [3.63, 3.8) is 0 Å². The largest absolute Gasteiger partial charge is 0.436 e. The van der Waals surface area contributed by atoms with Crippen LogP contribution in [-0.4, -0.2) is 68.4 Å². The molecule has 1 aliphatic rings. The monoisotopic (exact) mass is 470 g/mol.